The minimum Gasteiger partial charge on any atom is -0.478 e. The van der Waals surface area contributed by atoms with Crippen LogP contribution in [-0.4, -0.2) is 21.4 Å². The predicted octanol–water partition coefficient (Wildman–Crippen LogP) is 2.47. The lowest BCUT2D eigenvalue weighted by atomic mass is 10.1. The third-order valence-electron chi connectivity index (χ3n) is 2.64. The van der Waals surface area contributed by atoms with E-state index in [2.05, 4.69) is 9.69 Å². The number of amides is 1. The molecule has 1 aromatic carbocycles. The van der Waals surface area contributed by atoms with E-state index in [1.54, 1.807) is 13.0 Å². The summed E-state index contributed by atoms with van der Waals surface area (Å²) in [6.07, 6.45) is -0.164. The molecule has 1 aromatic heterocycles. The van der Waals surface area contributed by atoms with Crippen molar-refractivity contribution >= 4 is 28.4 Å². The normalized spacial score (nSPS) is 10.3. The molecular formula is C13H11FN2O3S. The molecule has 0 bridgehead atoms. The fraction of sp³-hybridized carbons (Fsp3) is 0.154. The number of rotatable bonds is 4. The van der Waals surface area contributed by atoms with Gasteiger partial charge < -0.3 is 10.4 Å². The van der Waals surface area contributed by atoms with Crippen LogP contribution in [0.4, 0.5) is 9.39 Å². The summed E-state index contributed by atoms with van der Waals surface area (Å²) >= 11 is 0.891. The number of carbonyl (C=O) groups is 2. The fourth-order valence-electron chi connectivity index (χ4n) is 1.69. The Balaban J connectivity index is 2.13. The Labute approximate surface area is 118 Å². The van der Waals surface area contributed by atoms with Gasteiger partial charge in [0.25, 0.3) is 0 Å². The Bertz CT molecular complexity index is 669. The molecule has 0 fully saturated rings. The lowest BCUT2D eigenvalue weighted by molar-refractivity contribution is -0.115. The van der Waals surface area contributed by atoms with E-state index in [-0.39, 0.29) is 22.5 Å². The molecule has 0 saturated carbocycles. The number of aryl methyl sites for hydroxylation is 1. The summed E-state index contributed by atoms with van der Waals surface area (Å²) in [6.45, 7) is 1.55. The molecule has 0 spiro atoms. The number of benzene rings is 1. The molecule has 0 unspecified atom stereocenters. The van der Waals surface area contributed by atoms with Gasteiger partial charge in [0.2, 0.25) is 5.91 Å². The molecule has 1 heterocycles. The number of halogens is 1. The summed E-state index contributed by atoms with van der Waals surface area (Å²) in [5, 5.41) is 11.7. The number of aromatic carboxylic acids is 1. The van der Waals surface area contributed by atoms with Gasteiger partial charge in [-0.25, -0.2) is 9.18 Å². The number of hydrogen-bond acceptors (Lipinski definition) is 4. The molecule has 20 heavy (non-hydrogen) atoms. The van der Waals surface area contributed by atoms with Crippen LogP contribution in [0.1, 0.15) is 21.6 Å². The van der Waals surface area contributed by atoms with Crippen molar-refractivity contribution in [2.24, 2.45) is 0 Å². The van der Waals surface area contributed by atoms with E-state index < -0.39 is 17.7 Å². The third-order valence-corrected chi connectivity index (χ3v) is 3.49. The maximum absolute atomic E-state index is 13.4. The van der Waals surface area contributed by atoms with Gasteiger partial charge in [0, 0.05) is 0 Å². The standard InChI is InChI=1S/C13H11FN2O3S/c1-7-11(13(18)19)12(20-16-7)15-10(17)6-8-4-2-3-5-9(8)14/h2-5H,6H2,1H3,(H,15,17)(H,18,19). The summed E-state index contributed by atoms with van der Waals surface area (Å²) in [4.78, 5) is 22.9. The zero-order valence-electron chi connectivity index (χ0n) is 10.5. The van der Waals surface area contributed by atoms with E-state index >= 15 is 0 Å². The Hall–Kier alpha value is -2.28. The number of hydrogen-bond donors (Lipinski definition) is 2. The van der Waals surface area contributed by atoms with Crippen LogP contribution in [0.25, 0.3) is 0 Å². The van der Waals surface area contributed by atoms with E-state index in [4.69, 9.17) is 5.11 Å². The Morgan fingerprint density at radius 2 is 2.10 bits per heavy atom. The van der Waals surface area contributed by atoms with Crippen LogP contribution in [0, 0.1) is 12.7 Å². The highest BCUT2D eigenvalue weighted by Crippen LogP contribution is 2.24. The summed E-state index contributed by atoms with van der Waals surface area (Å²) in [5.74, 6) is -2.11. The zero-order chi connectivity index (χ0) is 14.7. The van der Waals surface area contributed by atoms with Crippen molar-refractivity contribution in [3.63, 3.8) is 0 Å². The number of carboxylic acids is 1. The van der Waals surface area contributed by atoms with Gasteiger partial charge in [-0.3, -0.25) is 4.79 Å². The molecular weight excluding hydrogens is 283 g/mol. The molecule has 0 radical (unpaired) electrons. The molecule has 2 rings (SSSR count). The van der Waals surface area contributed by atoms with Crippen LogP contribution < -0.4 is 5.32 Å². The molecule has 0 saturated heterocycles. The highest BCUT2D eigenvalue weighted by atomic mass is 32.1. The van der Waals surface area contributed by atoms with Crippen molar-refractivity contribution in [3.8, 4) is 0 Å². The van der Waals surface area contributed by atoms with Crippen LogP contribution in [0.2, 0.25) is 0 Å². The molecule has 104 valence electrons. The lowest BCUT2D eigenvalue weighted by Gasteiger charge is -2.05. The first-order valence-corrected chi connectivity index (χ1v) is 6.49. The Morgan fingerprint density at radius 1 is 1.40 bits per heavy atom. The van der Waals surface area contributed by atoms with E-state index in [0.29, 0.717) is 5.69 Å². The van der Waals surface area contributed by atoms with Crippen molar-refractivity contribution in [2.75, 3.05) is 5.32 Å². The highest BCUT2D eigenvalue weighted by Gasteiger charge is 2.19. The minimum atomic E-state index is -1.16. The average Bonchev–Trinajstić information content (AvgIpc) is 2.73. The number of nitrogens with zero attached hydrogens (tertiary/aromatic N) is 1. The molecule has 7 heteroatoms. The monoisotopic (exact) mass is 294 g/mol. The summed E-state index contributed by atoms with van der Waals surface area (Å²) in [6, 6.07) is 5.93. The van der Waals surface area contributed by atoms with Crippen LogP contribution >= 0.6 is 11.5 Å². The lowest BCUT2D eigenvalue weighted by Crippen LogP contribution is -2.16. The number of aromatic nitrogens is 1. The molecule has 2 aromatic rings. The average molecular weight is 294 g/mol. The summed E-state index contributed by atoms with van der Waals surface area (Å²) < 4.78 is 17.3. The zero-order valence-corrected chi connectivity index (χ0v) is 11.3. The van der Waals surface area contributed by atoms with Gasteiger partial charge in [0.15, 0.2) is 0 Å². The highest BCUT2D eigenvalue weighted by molar-refractivity contribution is 7.11. The van der Waals surface area contributed by atoms with Gasteiger partial charge in [-0.15, -0.1) is 0 Å². The van der Waals surface area contributed by atoms with Crippen molar-refractivity contribution in [1.82, 2.24) is 4.37 Å². The van der Waals surface area contributed by atoms with Crippen LogP contribution in [0.15, 0.2) is 24.3 Å². The van der Waals surface area contributed by atoms with Gasteiger partial charge in [0.1, 0.15) is 16.4 Å². The molecule has 0 aliphatic rings. The van der Waals surface area contributed by atoms with E-state index in [9.17, 15) is 14.0 Å². The van der Waals surface area contributed by atoms with Gasteiger partial charge >= 0.3 is 5.97 Å². The fourth-order valence-corrected chi connectivity index (χ4v) is 2.50. The van der Waals surface area contributed by atoms with Crippen LogP contribution in [0.5, 0.6) is 0 Å². The second-order valence-electron chi connectivity index (χ2n) is 4.09. The molecule has 2 N–H and O–H groups in total. The summed E-state index contributed by atoms with van der Waals surface area (Å²) in [7, 11) is 0. The third kappa shape index (κ3) is 3.00. The number of nitrogens with one attached hydrogen (secondary N) is 1. The van der Waals surface area contributed by atoms with Gasteiger partial charge in [-0.1, -0.05) is 18.2 Å². The van der Waals surface area contributed by atoms with Crippen LogP contribution in [-0.2, 0) is 11.2 Å². The molecule has 0 aliphatic carbocycles. The van der Waals surface area contributed by atoms with E-state index in [1.807, 2.05) is 0 Å². The second-order valence-corrected chi connectivity index (χ2v) is 4.87. The van der Waals surface area contributed by atoms with E-state index in [1.165, 1.54) is 18.2 Å². The number of carbonyl (C=O) groups excluding carboxylic acids is 1. The van der Waals surface area contributed by atoms with Crippen molar-refractivity contribution in [3.05, 3.63) is 46.9 Å². The van der Waals surface area contributed by atoms with Crippen molar-refractivity contribution in [2.45, 2.75) is 13.3 Å². The van der Waals surface area contributed by atoms with Gasteiger partial charge in [-0.05, 0) is 30.1 Å². The maximum atomic E-state index is 13.4. The Kier molecular flexibility index (Phi) is 4.09. The maximum Gasteiger partial charge on any atom is 0.340 e. The second kappa shape index (κ2) is 5.79. The summed E-state index contributed by atoms with van der Waals surface area (Å²) in [5.41, 5.74) is 0.559. The first-order chi connectivity index (χ1) is 9.49. The molecule has 5 nitrogen and oxygen atoms in total. The minimum absolute atomic E-state index is 0.0307. The van der Waals surface area contributed by atoms with Crippen LogP contribution in [0.3, 0.4) is 0 Å². The first kappa shape index (κ1) is 14.1. The molecule has 1 amide bonds. The largest absolute Gasteiger partial charge is 0.478 e. The quantitative estimate of drug-likeness (QED) is 0.908. The molecule has 0 atom stereocenters. The molecule has 0 aliphatic heterocycles. The predicted molar refractivity (Wildman–Crippen MR) is 72.5 cm³/mol. The Morgan fingerprint density at radius 3 is 2.75 bits per heavy atom. The number of anilines is 1. The van der Waals surface area contributed by atoms with Gasteiger partial charge in [-0.2, -0.15) is 4.37 Å². The topological polar surface area (TPSA) is 79.3 Å². The van der Waals surface area contributed by atoms with E-state index in [0.717, 1.165) is 11.5 Å². The van der Waals surface area contributed by atoms with Crippen molar-refractivity contribution < 1.29 is 19.1 Å². The first-order valence-electron chi connectivity index (χ1n) is 5.72. The van der Waals surface area contributed by atoms with Crippen molar-refractivity contribution in [1.29, 1.82) is 0 Å². The smallest absolute Gasteiger partial charge is 0.340 e. The SMILES string of the molecule is Cc1nsc(NC(=O)Cc2ccccc2F)c1C(=O)O. The number of carboxylic acid groups (broad SMARTS) is 1. The van der Waals surface area contributed by atoms with Gasteiger partial charge in [0.05, 0.1) is 12.1 Å².